The molecule has 2 aliphatic heterocycles. The van der Waals surface area contributed by atoms with Gasteiger partial charge in [0.1, 0.15) is 0 Å². The zero-order chi connectivity index (χ0) is 11.4. The predicted octanol–water partition coefficient (Wildman–Crippen LogP) is 0.339. The second-order valence-corrected chi connectivity index (χ2v) is 4.91. The van der Waals surface area contributed by atoms with E-state index in [0.29, 0.717) is 6.04 Å². The summed E-state index contributed by atoms with van der Waals surface area (Å²) < 4.78 is 0. The number of hydrogen-bond donors (Lipinski definition) is 2. The van der Waals surface area contributed by atoms with Crippen LogP contribution < -0.4 is 10.6 Å². The Hall–Kier alpha value is -0.610. The van der Waals surface area contributed by atoms with Crippen LogP contribution in [0.25, 0.3) is 0 Å². The van der Waals surface area contributed by atoms with Crippen LogP contribution in [-0.4, -0.2) is 49.6 Å². The number of amides is 1. The highest BCUT2D eigenvalue weighted by molar-refractivity contribution is 5.81. The van der Waals surface area contributed by atoms with Gasteiger partial charge in [-0.25, -0.2) is 0 Å². The number of piperidine rings is 1. The van der Waals surface area contributed by atoms with E-state index in [1.807, 2.05) is 0 Å². The molecule has 4 nitrogen and oxygen atoms in total. The molecule has 0 aromatic carbocycles. The summed E-state index contributed by atoms with van der Waals surface area (Å²) in [5, 5.41) is 6.30. The van der Waals surface area contributed by atoms with Crippen molar-refractivity contribution in [2.45, 2.75) is 44.2 Å². The molecule has 0 aromatic heterocycles. The van der Waals surface area contributed by atoms with Crippen LogP contribution in [0.15, 0.2) is 0 Å². The minimum atomic E-state index is 0.112. The molecule has 2 rings (SSSR count). The largest absolute Gasteiger partial charge is 0.358 e. The van der Waals surface area contributed by atoms with Gasteiger partial charge in [0.05, 0.1) is 6.04 Å². The van der Waals surface area contributed by atoms with Crippen LogP contribution in [0.1, 0.15) is 32.1 Å². The Kier molecular flexibility index (Phi) is 4.18. The molecule has 2 heterocycles. The molecular formula is C12H23N3O. The molecule has 92 valence electrons. The average molecular weight is 225 g/mol. The van der Waals surface area contributed by atoms with Crippen molar-refractivity contribution in [1.82, 2.24) is 15.5 Å². The van der Waals surface area contributed by atoms with E-state index in [1.54, 1.807) is 7.05 Å². The normalized spacial score (nSPS) is 31.6. The minimum absolute atomic E-state index is 0.112. The first-order chi connectivity index (χ1) is 7.81. The van der Waals surface area contributed by atoms with Crippen LogP contribution in [-0.2, 0) is 4.79 Å². The van der Waals surface area contributed by atoms with Crippen molar-refractivity contribution in [3.8, 4) is 0 Å². The Morgan fingerprint density at radius 3 is 2.94 bits per heavy atom. The fourth-order valence-electron chi connectivity index (χ4n) is 2.87. The number of likely N-dealkylation sites (tertiary alicyclic amines) is 1. The lowest BCUT2D eigenvalue weighted by Gasteiger charge is -2.35. The van der Waals surface area contributed by atoms with E-state index in [0.717, 1.165) is 26.1 Å². The van der Waals surface area contributed by atoms with Crippen LogP contribution in [0.5, 0.6) is 0 Å². The monoisotopic (exact) mass is 225 g/mol. The molecule has 2 aliphatic rings. The van der Waals surface area contributed by atoms with E-state index in [2.05, 4.69) is 15.5 Å². The van der Waals surface area contributed by atoms with Gasteiger partial charge >= 0.3 is 0 Å². The van der Waals surface area contributed by atoms with E-state index in [4.69, 9.17) is 0 Å². The number of likely N-dealkylation sites (N-methyl/N-ethyl adjacent to an activating group) is 1. The maximum absolute atomic E-state index is 11.8. The summed E-state index contributed by atoms with van der Waals surface area (Å²) in [6, 6.07) is 0.714. The topological polar surface area (TPSA) is 44.4 Å². The van der Waals surface area contributed by atoms with E-state index in [1.165, 1.54) is 25.7 Å². The molecule has 4 heteroatoms. The first-order valence-electron chi connectivity index (χ1n) is 6.50. The summed E-state index contributed by atoms with van der Waals surface area (Å²) in [5.74, 6) is 0.192. The number of nitrogens with zero attached hydrogens (tertiary/aromatic N) is 1. The molecule has 0 saturated carbocycles. The maximum Gasteiger partial charge on any atom is 0.237 e. The summed E-state index contributed by atoms with van der Waals surface area (Å²) in [7, 11) is 1.74. The average Bonchev–Trinajstić information content (AvgIpc) is 2.82. The van der Waals surface area contributed by atoms with E-state index < -0.39 is 0 Å². The zero-order valence-corrected chi connectivity index (χ0v) is 10.2. The van der Waals surface area contributed by atoms with E-state index in [9.17, 15) is 4.79 Å². The lowest BCUT2D eigenvalue weighted by atomic mass is 10.0. The van der Waals surface area contributed by atoms with Gasteiger partial charge in [0.15, 0.2) is 0 Å². The summed E-state index contributed by atoms with van der Waals surface area (Å²) >= 11 is 0. The van der Waals surface area contributed by atoms with Crippen LogP contribution >= 0.6 is 0 Å². The van der Waals surface area contributed by atoms with Crippen LogP contribution in [0.2, 0.25) is 0 Å². The molecule has 0 aromatic rings. The molecule has 16 heavy (non-hydrogen) atoms. The van der Waals surface area contributed by atoms with Gasteiger partial charge in [0.25, 0.3) is 0 Å². The van der Waals surface area contributed by atoms with Gasteiger partial charge < -0.3 is 10.6 Å². The van der Waals surface area contributed by atoms with Crippen LogP contribution in [0.3, 0.4) is 0 Å². The molecule has 0 spiro atoms. The molecule has 0 aliphatic carbocycles. The van der Waals surface area contributed by atoms with Crippen molar-refractivity contribution >= 4 is 5.91 Å². The maximum atomic E-state index is 11.8. The SMILES string of the molecule is CNC(=O)C1CCCCN1C[C@H]1CCCN1. The lowest BCUT2D eigenvalue weighted by molar-refractivity contribution is -0.127. The van der Waals surface area contributed by atoms with Gasteiger partial charge in [-0.1, -0.05) is 6.42 Å². The summed E-state index contributed by atoms with van der Waals surface area (Å²) in [6.45, 7) is 3.26. The first-order valence-corrected chi connectivity index (χ1v) is 6.50. The van der Waals surface area contributed by atoms with E-state index >= 15 is 0 Å². The van der Waals surface area contributed by atoms with Crippen molar-refractivity contribution in [1.29, 1.82) is 0 Å². The van der Waals surface area contributed by atoms with Gasteiger partial charge in [-0.15, -0.1) is 0 Å². The Morgan fingerprint density at radius 1 is 1.38 bits per heavy atom. The Morgan fingerprint density at radius 2 is 2.25 bits per heavy atom. The number of nitrogens with one attached hydrogen (secondary N) is 2. The van der Waals surface area contributed by atoms with Gasteiger partial charge in [0, 0.05) is 19.6 Å². The molecule has 1 unspecified atom stereocenters. The highest BCUT2D eigenvalue weighted by Crippen LogP contribution is 2.19. The number of rotatable bonds is 3. The number of hydrogen-bond acceptors (Lipinski definition) is 3. The third kappa shape index (κ3) is 2.74. The highest BCUT2D eigenvalue weighted by atomic mass is 16.2. The lowest BCUT2D eigenvalue weighted by Crippen LogP contribution is -2.52. The molecule has 2 saturated heterocycles. The minimum Gasteiger partial charge on any atom is -0.358 e. The Bertz CT molecular complexity index is 238. The number of carbonyl (C=O) groups excluding carboxylic acids is 1. The quantitative estimate of drug-likeness (QED) is 0.728. The van der Waals surface area contributed by atoms with Gasteiger partial charge in [0.2, 0.25) is 5.91 Å². The zero-order valence-electron chi connectivity index (χ0n) is 10.2. The number of carbonyl (C=O) groups is 1. The molecule has 2 fully saturated rings. The summed E-state index contributed by atoms with van der Waals surface area (Å²) in [5.41, 5.74) is 0. The van der Waals surface area contributed by atoms with Crippen molar-refractivity contribution in [2.75, 3.05) is 26.7 Å². The van der Waals surface area contributed by atoms with Crippen molar-refractivity contribution in [3.05, 3.63) is 0 Å². The molecule has 2 atom stereocenters. The second-order valence-electron chi connectivity index (χ2n) is 4.91. The van der Waals surface area contributed by atoms with Crippen LogP contribution in [0.4, 0.5) is 0 Å². The van der Waals surface area contributed by atoms with Crippen molar-refractivity contribution in [3.63, 3.8) is 0 Å². The van der Waals surface area contributed by atoms with Crippen molar-refractivity contribution in [2.24, 2.45) is 0 Å². The Labute approximate surface area is 97.8 Å². The highest BCUT2D eigenvalue weighted by Gasteiger charge is 2.30. The van der Waals surface area contributed by atoms with Gasteiger partial charge in [-0.05, 0) is 38.8 Å². The van der Waals surface area contributed by atoms with Gasteiger partial charge in [-0.3, -0.25) is 9.69 Å². The summed E-state index contributed by atoms with van der Waals surface area (Å²) in [4.78, 5) is 14.1. The summed E-state index contributed by atoms with van der Waals surface area (Å²) in [6.07, 6.45) is 5.99. The van der Waals surface area contributed by atoms with Crippen molar-refractivity contribution < 1.29 is 4.79 Å². The Balaban J connectivity index is 1.90. The first kappa shape index (κ1) is 11.9. The van der Waals surface area contributed by atoms with Crippen LogP contribution in [0, 0.1) is 0 Å². The van der Waals surface area contributed by atoms with E-state index in [-0.39, 0.29) is 11.9 Å². The fraction of sp³-hybridized carbons (Fsp3) is 0.917. The smallest absolute Gasteiger partial charge is 0.237 e. The molecular weight excluding hydrogens is 202 g/mol. The molecule has 0 bridgehead atoms. The molecule has 1 amide bonds. The standard InChI is InChI=1S/C12H23N3O/c1-13-12(16)11-6-2-3-8-15(11)9-10-5-4-7-14-10/h10-11,14H,2-9H2,1H3,(H,13,16)/t10-,11?/m1/s1. The predicted molar refractivity (Wildman–Crippen MR) is 64.3 cm³/mol. The second kappa shape index (κ2) is 5.64. The third-order valence-electron chi connectivity index (χ3n) is 3.78. The fourth-order valence-corrected chi connectivity index (χ4v) is 2.87. The third-order valence-corrected chi connectivity index (χ3v) is 3.78. The molecule has 2 N–H and O–H groups in total. The van der Waals surface area contributed by atoms with Gasteiger partial charge in [-0.2, -0.15) is 0 Å². The molecule has 0 radical (unpaired) electrons.